The maximum atomic E-state index is 12.8. The highest BCUT2D eigenvalue weighted by Crippen LogP contribution is 2.55. The van der Waals surface area contributed by atoms with Crippen molar-refractivity contribution in [1.82, 2.24) is 0 Å². The normalized spacial score (nSPS) is 27.1. The monoisotopic (exact) mass is 332 g/mol. The first-order valence-electron chi connectivity index (χ1n) is 6.66. The van der Waals surface area contributed by atoms with Gasteiger partial charge in [0.1, 0.15) is 10.8 Å². The summed E-state index contributed by atoms with van der Waals surface area (Å²) < 4.78 is 25.6. The molecule has 2 aromatic carbocycles. The Bertz CT molecular complexity index is 844. The average molecular weight is 333 g/mol. The predicted molar refractivity (Wildman–Crippen MR) is 84.1 cm³/mol. The number of halogens is 1. The first-order chi connectivity index (χ1) is 10.4. The molecule has 3 atom stereocenters. The summed E-state index contributed by atoms with van der Waals surface area (Å²) in [6, 6.07) is 16.9. The van der Waals surface area contributed by atoms with Crippen LogP contribution in [-0.4, -0.2) is 19.2 Å². The van der Waals surface area contributed by atoms with Gasteiger partial charge in [0.25, 0.3) is 0 Å². The molecule has 2 N–H and O–H groups in total. The van der Waals surface area contributed by atoms with Crippen molar-refractivity contribution >= 4 is 21.4 Å². The van der Waals surface area contributed by atoms with Crippen LogP contribution in [0.4, 0.5) is 0 Å². The minimum Gasteiger partial charge on any atom is -0.312 e. The summed E-state index contributed by atoms with van der Waals surface area (Å²) in [6.07, 6.45) is 0. The van der Waals surface area contributed by atoms with E-state index in [1.807, 2.05) is 12.1 Å². The first kappa shape index (κ1) is 15.0. The van der Waals surface area contributed by atoms with Gasteiger partial charge in [0.2, 0.25) is 0 Å². The van der Waals surface area contributed by atoms with Crippen LogP contribution in [0.2, 0.25) is 5.02 Å². The van der Waals surface area contributed by atoms with Crippen molar-refractivity contribution in [3.05, 3.63) is 65.2 Å². The number of nitrogens with zero attached hydrogens (tertiary/aromatic N) is 1. The van der Waals surface area contributed by atoms with Gasteiger partial charge in [-0.3, -0.25) is 0 Å². The lowest BCUT2D eigenvalue weighted by molar-refractivity contribution is 0.592. The zero-order valence-electron chi connectivity index (χ0n) is 11.5. The lowest BCUT2D eigenvalue weighted by Crippen LogP contribution is -2.29. The highest BCUT2D eigenvalue weighted by molar-refractivity contribution is 7.92. The summed E-state index contributed by atoms with van der Waals surface area (Å²) in [6.45, 7) is 0. The van der Waals surface area contributed by atoms with Crippen molar-refractivity contribution in [2.45, 2.75) is 21.6 Å². The third-order valence-corrected chi connectivity index (χ3v) is 6.52. The largest absolute Gasteiger partial charge is 0.312 e. The molecule has 4 nitrogen and oxygen atoms in total. The molecule has 0 aliphatic heterocycles. The Balaban J connectivity index is 2.04. The molecule has 1 aliphatic rings. The number of sulfone groups is 1. The fraction of sp³-hybridized carbons (Fsp3) is 0.188. The second-order valence-corrected chi connectivity index (χ2v) is 7.86. The fourth-order valence-electron chi connectivity index (χ4n) is 2.83. The lowest BCUT2D eigenvalue weighted by Gasteiger charge is -2.04. The molecule has 0 unspecified atom stereocenters. The molecular weight excluding hydrogens is 320 g/mol. The molecular formula is C16H13ClN2O2S. The second kappa shape index (κ2) is 5.10. The summed E-state index contributed by atoms with van der Waals surface area (Å²) in [7, 11) is -3.71. The number of rotatable bonds is 3. The molecule has 0 amide bonds. The number of hydrogen-bond acceptors (Lipinski definition) is 4. The number of nitrogens with two attached hydrogens (primary N) is 1. The smallest absolute Gasteiger partial charge is 0.184 e. The second-order valence-electron chi connectivity index (χ2n) is 5.35. The highest BCUT2D eigenvalue weighted by atomic mass is 35.5. The Hall–Kier alpha value is -1.87. The van der Waals surface area contributed by atoms with E-state index in [-0.39, 0.29) is 4.90 Å². The Kier molecular flexibility index (Phi) is 3.48. The van der Waals surface area contributed by atoms with E-state index >= 15 is 0 Å². The molecule has 6 heteroatoms. The summed E-state index contributed by atoms with van der Waals surface area (Å²) in [5.41, 5.74) is 5.41. The molecule has 112 valence electrons. The number of hydrogen-bond donors (Lipinski definition) is 1. The Labute approximate surface area is 134 Å². The predicted octanol–water partition coefficient (Wildman–Crippen LogP) is 2.50. The van der Waals surface area contributed by atoms with E-state index in [4.69, 9.17) is 17.3 Å². The molecule has 0 bridgehead atoms. The molecule has 0 aromatic heterocycles. The van der Waals surface area contributed by atoms with E-state index in [2.05, 4.69) is 0 Å². The van der Waals surface area contributed by atoms with Crippen LogP contribution < -0.4 is 5.73 Å². The van der Waals surface area contributed by atoms with Gasteiger partial charge in [-0.25, -0.2) is 8.42 Å². The first-order valence-corrected chi connectivity index (χ1v) is 8.58. The van der Waals surface area contributed by atoms with E-state index in [1.54, 1.807) is 24.3 Å². The Morgan fingerprint density at radius 1 is 1.09 bits per heavy atom. The Morgan fingerprint density at radius 3 is 2.23 bits per heavy atom. The van der Waals surface area contributed by atoms with Crippen LogP contribution in [0.1, 0.15) is 11.5 Å². The molecule has 0 radical (unpaired) electrons. The third-order valence-electron chi connectivity index (χ3n) is 4.01. The van der Waals surface area contributed by atoms with E-state index in [1.165, 1.54) is 24.3 Å². The highest BCUT2D eigenvalue weighted by Gasteiger charge is 2.70. The summed E-state index contributed by atoms with van der Waals surface area (Å²) in [4.78, 5) is 0.130. The van der Waals surface area contributed by atoms with Crippen molar-refractivity contribution in [2.24, 2.45) is 5.73 Å². The molecule has 3 rings (SSSR count). The van der Waals surface area contributed by atoms with Gasteiger partial charge < -0.3 is 5.73 Å². The van der Waals surface area contributed by atoms with Gasteiger partial charge in [0, 0.05) is 10.9 Å². The quantitative estimate of drug-likeness (QED) is 0.936. The van der Waals surface area contributed by atoms with Crippen molar-refractivity contribution < 1.29 is 8.42 Å². The van der Waals surface area contributed by atoms with Crippen molar-refractivity contribution in [3.8, 4) is 6.07 Å². The van der Waals surface area contributed by atoms with Crippen LogP contribution in [0.25, 0.3) is 0 Å². The molecule has 0 spiro atoms. The lowest BCUT2D eigenvalue weighted by atomic mass is 10.1. The van der Waals surface area contributed by atoms with Crippen LogP contribution in [-0.2, 0) is 9.84 Å². The number of nitriles is 1. The van der Waals surface area contributed by atoms with Gasteiger partial charge in [-0.05, 0) is 29.8 Å². The van der Waals surface area contributed by atoms with Gasteiger partial charge in [-0.2, -0.15) is 5.26 Å². The minimum atomic E-state index is -3.71. The summed E-state index contributed by atoms with van der Waals surface area (Å²) in [5.74, 6) is -0.528. The molecule has 2 aromatic rings. The third kappa shape index (κ3) is 2.20. The number of benzene rings is 2. The zero-order valence-corrected chi connectivity index (χ0v) is 13.1. The molecule has 1 saturated carbocycles. The van der Waals surface area contributed by atoms with Crippen LogP contribution in [0.15, 0.2) is 59.5 Å². The Morgan fingerprint density at radius 2 is 1.68 bits per heavy atom. The van der Waals surface area contributed by atoms with Crippen LogP contribution in [0, 0.1) is 11.3 Å². The molecule has 1 aliphatic carbocycles. The summed E-state index contributed by atoms with van der Waals surface area (Å²) in [5, 5.41) is 8.86. The van der Waals surface area contributed by atoms with Gasteiger partial charge >= 0.3 is 0 Å². The minimum absolute atomic E-state index is 0.130. The van der Waals surface area contributed by atoms with Crippen LogP contribution in [0.3, 0.4) is 0 Å². The van der Waals surface area contributed by atoms with Crippen molar-refractivity contribution in [3.63, 3.8) is 0 Å². The van der Waals surface area contributed by atoms with Crippen molar-refractivity contribution in [2.75, 3.05) is 0 Å². The van der Waals surface area contributed by atoms with Gasteiger partial charge in [0.05, 0.1) is 11.0 Å². The van der Waals surface area contributed by atoms with E-state index in [9.17, 15) is 13.7 Å². The van der Waals surface area contributed by atoms with E-state index in [0.717, 1.165) is 5.56 Å². The van der Waals surface area contributed by atoms with Gasteiger partial charge in [-0.15, -0.1) is 0 Å². The van der Waals surface area contributed by atoms with Gasteiger partial charge in [0.15, 0.2) is 9.84 Å². The molecule has 1 fully saturated rings. The topological polar surface area (TPSA) is 83.9 Å². The standard InChI is InChI=1S/C16H13ClN2O2S/c17-12-6-8-13(9-7-12)22(20,21)15-14(16(15,19)10-18)11-4-2-1-3-5-11/h1-9,14-15H,19H2/t14-,15-,16+/m1/s1. The van der Waals surface area contributed by atoms with Crippen LogP contribution in [0.5, 0.6) is 0 Å². The van der Waals surface area contributed by atoms with Crippen LogP contribution >= 0.6 is 11.6 Å². The zero-order chi connectivity index (χ0) is 16.0. The average Bonchev–Trinajstić information content (AvgIpc) is 3.16. The van der Waals surface area contributed by atoms with E-state index in [0.29, 0.717) is 5.02 Å². The maximum absolute atomic E-state index is 12.8. The maximum Gasteiger partial charge on any atom is 0.184 e. The molecule has 0 saturated heterocycles. The van der Waals surface area contributed by atoms with E-state index < -0.39 is 26.5 Å². The SMILES string of the molecule is N#C[C@]1(N)[C@H](c2ccccc2)[C@H]1S(=O)(=O)c1ccc(Cl)cc1. The summed E-state index contributed by atoms with van der Waals surface area (Å²) >= 11 is 5.79. The fourth-order valence-corrected chi connectivity index (χ4v) is 5.13. The van der Waals surface area contributed by atoms with Crippen molar-refractivity contribution in [1.29, 1.82) is 5.26 Å². The van der Waals surface area contributed by atoms with Gasteiger partial charge in [-0.1, -0.05) is 41.9 Å². The molecule has 22 heavy (non-hydrogen) atoms. The molecule has 0 heterocycles.